The molecule has 10 heavy (non-hydrogen) atoms. The van der Waals surface area contributed by atoms with Crippen LogP contribution in [0.15, 0.2) is 0 Å². The van der Waals surface area contributed by atoms with Crippen LogP contribution in [0, 0.1) is 5.92 Å². The fraction of sp³-hybridized carbons (Fsp3) is 1.00. The first kappa shape index (κ1) is 9.96. The fourth-order valence-corrected chi connectivity index (χ4v) is 1.78. The van der Waals surface area contributed by atoms with Crippen molar-refractivity contribution >= 4 is 0 Å². The van der Waals surface area contributed by atoms with Crippen LogP contribution in [-0.4, -0.2) is 24.5 Å². The highest BCUT2D eigenvalue weighted by atomic mass is 15.1. The molecule has 1 heterocycles. The first-order valence-corrected chi connectivity index (χ1v) is 3.92. The molecule has 0 aromatic heterocycles. The van der Waals surface area contributed by atoms with Crippen LogP contribution in [0.3, 0.4) is 0 Å². The lowest BCUT2D eigenvalue weighted by Crippen LogP contribution is -2.29. The number of nitrogens with zero attached hydrogens (tertiary/aromatic N) is 1. The smallest absolute Gasteiger partial charge is 0.0116 e. The Labute approximate surface area is 65.4 Å². The predicted molar refractivity (Wildman–Crippen MR) is 47.2 cm³/mol. The van der Waals surface area contributed by atoms with Gasteiger partial charge >= 0.3 is 0 Å². The van der Waals surface area contributed by atoms with E-state index in [-0.39, 0.29) is 7.43 Å². The maximum absolute atomic E-state index is 2.48. The van der Waals surface area contributed by atoms with Crippen molar-refractivity contribution in [1.29, 1.82) is 0 Å². The second-order valence-electron chi connectivity index (χ2n) is 3.43. The third-order valence-electron chi connectivity index (χ3n) is 2.35. The molecule has 0 amide bonds. The van der Waals surface area contributed by atoms with Crippen molar-refractivity contribution in [2.24, 2.45) is 5.92 Å². The molecule has 1 nitrogen and oxygen atoms in total. The minimum Gasteiger partial charge on any atom is -0.303 e. The van der Waals surface area contributed by atoms with Gasteiger partial charge in [-0.3, -0.25) is 0 Å². The quantitative estimate of drug-likeness (QED) is 0.544. The zero-order valence-electron chi connectivity index (χ0n) is 6.72. The molecule has 0 aromatic rings. The molecule has 1 aliphatic heterocycles. The third-order valence-corrected chi connectivity index (χ3v) is 2.35. The van der Waals surface area contributed by atoms with Crippen molar-refractivity contribution in [3.63, 3.8) is 0 Å². The summed E-state index contributed by atoms with van der Waals surface area (Å²) in [5.74, 6) is 0.845. The fourth-order valence-electron chi connectivity index (χ4n) is 1.78. The molecule has 62 valence electrons. The first-order chi connectivity index (χ1) is 4.22. The van der Waals surface area contributed by atoms with Gasteiger partial charge < -0.3 is 4.90 Å². The van der Waals surface area contributed by atoms with Gasteiger partial charge in [0.1, 0.15) is 0 Å². The summed E-state index contributed by atoms with van der Waals surface area (Å²) >= 11 is 0. The number of hydrogen-bond acceptors (Lipinski definition) is 1. The lowest BCUT2D eigenvalue weighted by molar-refractivity contribution is 0.250. The van der Waals surface area contributed by atoms with E-state index in [9.17, 15) is 0 Å². The van der Waals surface area contributed by atoms with E-state index in [4.69, 9.17) is 0 Å². The van der Waals surface area contributed by atoms with Crippen molar-refractivity contribution < 1.29 is 0 Å². The van der Waals surface area contributed by atoms with E-state index in [1.807, 2.05) is 0 Å². The molecule has 0 aromatic carbocycles. The molecule has 1 atom stereocenters. The molecule has 1 heteroatoms. The summed E-state index contributed by atoms with van der Waals surface area (Å²) in [6, 6.07) is 0.866. The van der Waals surface area contributed by atoms with Crippen molar-refractivity contribution in [3.05, 3.63) is 0 Å². The van der Waals surface area contributed by atoms with Crippen LogP contribution in [0.1, 0.15) is 34.1 Å². The second-order valence-corrected chi connectivity index (χ2v) is 3.43. The highest BCUT2D eigenvalue weighted by Gasteiger charge is 2.22. The van der Waals surface area contributed by atoms with Gasteiger partial charge in [0.05, 0.1) is 0 Å². The lowest BCUT2D eigenvalue weighted by atomic mass is 10.0. The van der Waals surface area contributed by atoms with Gasteiger partial charge in [-0.05, 0) is 32.4 Å². The van der Waals surface area contributed by atoms with Gasteiger partial charge in [-0.15, -0.1) is 0 Å². The summed E-state index contributed by atoms with van der Waals surface area (Å²) in [7, 11) is 2.23. The topological polar surface area (TPSA) is 3.24 Å². The molecule has 1 unspecified atom stereocenters. The van der Waals surface area contributed by atoms with Crippen molar-refractivity contribution in [3.8, 4) is 0 Å². The monoisotopic (exact) mass is 143 g/mol. The van der Waals surface area contributed by atoms with Crippen molar-refractivity contribution in [2.45, 2.75) is 40.2 Å². The maximum Gasteiger partial charge on any atom is 0.0116 e. The average Bonchev–Trinajstić information content (AvgIpc) is 2.13. The summed E-state index contributed by atoms with van der Waals surface area (Å²) in [4.78, 5) is 2.48. The van der Waals surface area contributed by atoms with Crippen LogP contribution in [0.2, 0.25) is 0 Å². The van der Waals surface area contributed by atoms with E-state index in [2.05, 4.69) is 25.8 Å². The Bertz CT molecular complexity index is 88.7. The molecule has 1 rings (SSSR count). The second kappa shape index (κ2) is 3.97. The standard InChI is InChI=1S/C8H17N.CH4/c1-7(2)8-5-4-6-9(8)3;/h7-8H,4-6H2,1-3H3;1H4. The Kier molecular flexibility index (Phi) is 3.95. The molecule has 0 spiro atoms. The van der Waals surface area contributed by atoms with Crippen LogP contribution in [0.4, 0.5) is 0 Å². The highest BCUT2D eigenvalue weighted by Crippen LogP contribution is 2.20. The molecule has 0 saturated carbocycles. The molecule has 0 aliphatic carbocycles. The maximum atomic E-state index is 2.48. The van der Waals surface area contributed by atoms with Crippen molar-refractivity contribution in [1.82, 2.24) is 4.90 Å². The van der Waals surface area contributed by atoms with Gasteiger partial charge in [0.25, 0.3) is 0 Å². The normalized spacial score (nSPS) is 27.0. The number of likely N-dealkylation sites (tertiary alicyclic amines) is 1. The van der Waals surface area contributed by atoms with E-state index in [1.54, 1.807) is 0 Å². The third kappa shape index (κ3) is 1.98. The molecule has 0 radical (unpaired) electrons. The van der Waals surface area contributed by atoms with Crippen LogP contribution in [0.5, 0.6) is 0 Å². The molecule has 1 aliphatic rings. The zero-order valence-corrected chi connectivity index (χ0v) is 6.72. The Morgan fingerprint density at radius 1 is 1.40 bits per heavy atom. The van der Waals surface area contributed by atoms with E-state index >= 15 is 0 Å². The highest BCUT2D eigenvalue weighted by molar-refractivity contribution is 4.78. The Morgan fingerprint density at radius 3 is 2.20 bits per heavy atom. The Hall–Kier alpha value is -0.0400. The molecule has 0 bridgehead atoms. The van der Waals surface area contributed by atoms with Gasteiger partial charge in [0.15, 0.2) is 0 Å². The Morgan fingerprint density at radius 2 is 2.00 bits per heavy atom. The van der Waals surface area contributed by atoms with Gasteiger partial charge in [-0.25, -0.2) is 0 Å². The lowest BCUT2D eigenvalue weighted by Gasteiger charge is -2.22. The summed E-state index contributed by atoms with van der Waals surface area (Å²) in [5, 5.41) is 0. The van der Waals surface area contributed by atoms with E-state index in [1.165, 1.54) is 19.4 Å². The van der Waals surface area contributed by atoms with Crippen molar-refractivity contribution in [2.75, 3.05) is 13.6 Å². The van der Waals surface area contributed by atoms with Gasteiger partial charge in [0, 0.05) is 6.04 Å². The zero-order chi connectivity index (χ0) is 6.85. The minimum atomic E-state index is 0. The summed E-state index contributed by atoms with van der Waals surface area (Å²) in [5.41, 5.74) is 0. The van der Waals surface area contributed by atoms with E-state index in [0.29, 0.717) is 0 Å². The summed E-state index contributed by atoms with van der Waals surface area (Å²) < 4.78 is 0. The molecule has 1 fully saturated rings. The largest absolute Gasteiger partial charge is 0.303 e. The summed E-state index contributed by atoms with van der Waals surface area (Å²) in [6.45, 7) is 5.93. The molecular formula is C9H21N. The van der Waals surface area contributed by atoms with Gasteiger partial charge in [0.2, 0.25) is 0 Å². The van der Waals surface area contributed by atoms with Crippen LogP contribution < -0.4 is 0 Å². The van der Waals surface area contributed by atoms with Gasteiger partial charge in [-0.2, -0.15) is 0 Å². The van der Waals surface area contributed by atoms with E-state index < -0.39 is 0 Å². The first-order valence-electron chi connectivity index (χ1n) is 3.92. The summed E-state index contributed by atoms with van der Waals surface area (Å²) in [6.07, 6.45) is 2.81. The van der Waals surface area contributed by atoms with Gasteiger partial charge in [-0.1, -0.05) is 21.3 Å². The minimum absolute atomic E-state index is 0. The molecule has 1 saturated heterocycles. The van der Waals surface area contributed by atoms with Crippen LogP contribution >= 0.6 is 0 Å². The average molecular weight is 143 g/mol. The predicted octanol–water partition coefficient (Wildman–Crippen LogP) is 2.37. The van der Waals surface area contributed by atoms with E-state index in [0.717, 1.165) is 12.0 Å². The van der Waals surface area contributed by atoms with Crippen LogP contribution in [-0.2, 0) is 0 Å². The number of hydrogen-bond donors (Lipinski definition) is 0. The SMILES string of the molecule is C.CC(C)C1CCCN1C. The molecular weight excluding hydrogens is 122 g/mol. The number of rotatable bonds is 1. The Balaban J connectivity index is 0.000000810. The van der Waals surface area contributed by atoms with Crippen LogP contribution in [0.25, 0.3) is 0 Å². The molecule has 0 N–H and O–H groups in total.